The average molecular weight is 599 g/mol. The number of ether oxygens (including phenoxy) is 2. The molecule has 0 unspecified atom stereocenters. The minimum Gasteiger partial charge on any atom is -0.481 e. The molecule has 0 heterocycles. The van der Waals surface area contributed by atoms with Gasteiger partial charge in [-0.2, -0.15) is 0 Å². The van der Waals surface area contributed by atoms with Crippen LogP contribution in [0.25, 0.3) is 0 Å². The van der Waals surface area contributed by atoms with Crippen molar-refractivity contribution in [2.45, 2.75) is 148 Å². The minimum atomic E-state index is -0.681. The number of carboxylic acid groups (broad SMARTS) is 1. The number of hydrogen-bond acceptors (Lipinski definition) is 6. The molecular weight excluding hydrogens is 536 g/mol. The van der Waals surface area contributed by atoms with Gasteiger partial charge in [-0.05, 0) is 25.2 Å². The summed E-state index contributed by atoms with van der Waals surface area (Å²) in [5, 5.41) is 14.6. The van der Waals surface area contributed by atoms with E-state index in [1.165, 1.54) is 77.0 Å². The second kappa shape index (κ2) is 30.5. The largest absolute Gasteiger partial charge is 0.481 e. The van der Waals surface area contributed by atoms with Gasteiger partial charge in [-0.1, -0.05) is 104 Å². The lowest BCUT2D eigenvalue weighted by Gasteiger charge is -2.22. The quantitative estimate of drug-likeness (QED) is 0.0606. The van der Waals surface area contributed by atoms with E-state index in [0.29, 0.717) is 58.3 Å². The normalized spacial score (nSPS) is 11.9. The van der Waals surface area contributed by atoms with Gasteiger partial charge in [0.1, 0.15) is 12.9 Å². The van der Waals surface area contributed by atoms with Crippen molar-refractivity contribution in [3.05, 3.63) is 0 Å². The lowest BCUT2D eigenvalue weighted by atomic mass is 9.98. The van der Waals surface area contributed by atoms with Crippen LogP contribution in [0.15, 0.2) is 0 Å². The molecule has 0 saturated carbocycles. The second-order valence-electron chi connectivity index (χ2n) is 11.7. The number of amides is 2. The van der Waals surface area contributed by atoms with Crippen LogP contribution in [-0.4, -0.2) is 68.2 Å². The molecule has 0 aromatic carbocycles. The molecule has 246 valence electrons. The Hall–Kier alpha value is -2.00. The predicted octanol–water partition coefficient (Wildman–Crippen LogP) is 6.36. The topological polar surface area (TPSA) is 131 Å². The molecule has 9 heteroatoms. The monoisotopic (exact) mass is 598 g/mol. The molecule has 0 spiro atoms. The number of hydrogen-bond donors (Lipinski definition) is 3. The lowest BCUT2D eigenvalue weighted by molar-refractivity contribution is -0.137. The fourth-order valence-corrected chi connectivity index (χ4v) is 4.88. The molecular formula is C33H62N2O7. The molecule has 0 rings (SSSR count). The maximum atomic E-state index is 12.4. The van der Waals surface area contributed by atoms with Gasteiger partial charge in [0.25, 0.3) is 0 Å². The molecule has 0 radical (unpaired) electrons. The molecule has 9 nitrogen and oxygen atoms in total. The number of carboxylic acids is 1. The molecule has 0 saturated heterocycles. The Morgan fingerprint density at radius 2 is 1.12 bits per heavy atom. The lowest BCUT2D eigenvalue weighted by Crippen LogP contribution is -2.39. The first-order valence-electron chi connectivity index (χ1n) is 16.7. The zero-order valence-corrected chi connectivity index (χ0v) is 26.8. The van der Waals surface area contributed by atoms with Crippen LogP contribution in [0.1, 0.15) is 142 Å². The van der Waals surface area contributed by atoms with E-state index in [2.05, 4.69) is 24.5 Å². The van der Waals surface area contributed by atoms with Gasteiger partial charge in [-0.25, -0.2) is 0 Å². The van der Waals surface area contributed by atoms with E-state index in [1.807, 2.05) is 0 Å². The maximum Gasteiger partial charge on any atom is 0.303 e. The number of aldehydes is 1. The Bertz CT molecular complexity index is 673. The van der Waals surface area contributed by atoms with Crippen LogP contribution in [0.5, 0.6) is 0 Å². The van der Waals surface area contributed by atoms with Crippen LogP contribution in [0, 0.1) is 5.92 Å². The van der Waals surface area contributed by atoms with Gasteiger partial charge in [-0.15, -0.1) is 0 Å². The highest BCUT2D eigenvalue weighted by molar-refractivity contribution is 5.77. The molecule has 0 bridgehead atoms. The second-order valence-corrected chi connectivity index (χ2v) is 11.7. The fraction of sp³-hybridized carbons (Fsp3) is 0.879. The van der Waals surface area contributed by atoms with E-state index in [9.17, 15) is 19.2 Å². The fourth-order valence-electron chi connectivity index (χ4n) is 4.88. The SMILES string of the molecule is CC(C)[C@H](CCC(=O)NCCOCCOCC=O)NC(=O)CCCCCCCCCCCCCCCCCCC(=O)O. The summed E-state index contributed by atoms with van der Waals surface area (Å²) in [6.07, 6.45) is 21.7. The third kappa shape index (κ3) is 29.5. The molecule has 0 aliphatic heterocycles. The molecule has 0 aromatic rings. The number of rotatable bonds is 32. The highest BCUT2D eigenvalue weighted by Gasteiger charge is 2.17. The first kappa shape index (κ1) is 40.0. The van der Waals surface area contributed by atoms with Crippen molar-refractivity contribution in [3.8, 4) is 0 Å². The first-order valence-corrected chi connectivity index (χ1v) is 16.7. The number of nitrogens with one attached hydrogen (secondary N) is 2. The van der Waals surface area contributed by atoms with Gasteiger partial charge in [0.05, 0.1) is 19.8 Å². The maximum absolute atomic E-state index is 12.4. The highest BCUT2D eigenvalue weighted by atomic mass is 16.5. The van der Waals surface area contributed by atoms with Gasteiger partial charge in [0, 0.05) is 31.8 Å². The Balaban J connectivity index is 3.59. The Morgan fingerprint density at radius 3 is 1.60 bits per heavy atom. The number of carbonyl (C=O) groups is 4. The van der Waals surface area contributed by atoms with E-state index in [4.69, 9.17) is 14.6 Å². The summed E-state index contributed by atoms with van der Waals surface area (Å²) >= 11 is 0. The van der Waals surface area contributed by atoms with Crippen molar-refractivity contribution in [1.29, 1.82) is 0 Å². The summed E-state index contributed by atoms with van der Waals surface area (Å²) in [4.78, 5) is 45.2. The highest BCUT2D eigenvalue weighted by Crippen LogP contribution is 2.15. The van der Waals surface area contributed by atoms with E-state index in [-0.39, 0.29) is 30.4 Å². The molecule has 0 aliphatic carbocycles. The van der Waals surface area contributed by atoms with E-state index in [0.717, 1.165) is 25.7 Å². The predicted molar refractivity (Wildman–Crippen MR) is 167 cm³/mol. The summed E-state index contributed by atoms with van der Waals surface area (Å²) in [7, 11) is 0. The number of unbranched alkanes of at least 4 members (excludes halogenated alkanes) is 15. The summed E-state index contributed by atoms with van der Waals surface area (Å²) < 4.78 is 10.3. The zero-order chi connectivity index (χ0) is 31.1. The van der Waals surface area contributed by atoms with Crippen molar-refractivity contribution >= 4 is 24.1 Å². The number of carbonyl (C=O) groups excluding carboxylic acids is 3. The van der Waals surface area contributed by atoms with Gasteiger partial charge < -0.3 is 30.0 Å². The van der Waals surface area contributed by atoms with Crippen molar-refractivity contribution in [2.24, 2.45) is 5.92 Å². The third-order valence-electron chi connectivity index (χ3n) is 7.50. The van der Waals surface area contributed by atoms with Gasteiger partial charge in [0.2, 0.25) is 11.8 Å². The van der Waals surface area contributed by atoms with E-state index >= 15 is 0 Å². The van der Waals surface area contributed by atoms with Crippen LogP contribution in [0.3, 0.4) is 0 Å². The zero-order valence-electron chi connectivity index (χ0n) is 26.8. The van der Waals surface area contributed by atoms with E-state index in [1.54, 1.807) is 0 Å². The van der Waals surface area contributed by atoms with Crippen molar-refractivity contribution in [2.75, 3.05) is 33.0 Å². The number of aliphatic carboxylic acids is 1. The van der Waals surface area contributed by atoms with E-state index < -0.39 is 5.97 Å². The smallest absolute Gasteiger partial charge is 0.303 e. The van der Waals surface area contributed by atoms with Crippen molar-refractivity contribution in [3.63, 3.8) is 0 Å². The Labute approximate surface area is 255 Å². The molecule has 42 heavy (non-hydrogen) atoms. The first-order chi connectivity index (χ1) is 20.4. The van der Waals surface area contributed by atoms with Gasteiger partial charge in [0.15, 0.2) is 0 Å². The van der Waals surface area contributed by atoms with Crippen LogP contribution < -0.4 is 10.6 Å². The minimum absolute atomic E-state index is 0.00934. The van der Waals surface area contributed by atoms with Gasteiger partial charge in [-0.3, -0.25) is 14.4 Å². The molecule has 2 amide bonds. The van der Waals surface area contributed by atoms with Crippen LogP contribution in [-0.2, 0) is 28.7 Å². The van der Waals surface area contributed by atoms with Crippen LogP contribution >= 0.6 is 0 Å². The summed E-state index contributed by atoms with van der Waals surface area (Å²) in [5.74, 6) is -0.385. The standard InChI is InChI=1S/C33H62N2O7/c1-29(2)30(21-22-31(37)34-23-25-41-27-28-42-26-24-36)35-32(38)19-17-15-13-11-9-7-5-3-4-6-8-10-12-14-16-18-20-33(39)40/h24,29-30H,3-23,25-28H2,1-2H3,(H,34,37)(H,35,38)(H,39,40)/t30-/m0/s1. The van der Waals surface area contributed by atoms with Crippen LogP contribution in [0.4, 0.5) is 0 Å². The van der Waals surface area contributed by atoms with Crippen molar-refractivity contribution in [1.82, 2.24) is 10.6 Å². The van der Waals surface area contributed by atoms with Crippen LogP contribution in [0.2, 0.25) is 0 Å². The summed E-state index contributed by atoms with van der Waals surface area (Å²) in [6.45, 7) is 5.76. The molecule has 0 aromatic heterocycles. The Morgan fingerprint density at radius 1 is 0.643 bits per heavy atom. The summed E-state index contributed by atoms with van der Waals surface area (Å²) in [6, 6.07) is -0.00934. The average Bonchev–Trinajstić information content (AvgIpc) is 2.95. The van der Waals surface area contributed by atoms with Crippen molar-refractivity contribution < 1.29 is 33.8 Å². The molecule has 1 atom stereocenters. The Kier molecular flexibility index (Phi) is 29.0. The third-order valence-corrected chi connectivity index (χ3v) is 7.50. The molecule has 0 aliphatic rings. The molecule has 0 fully saturated rings. The summed E-state index contributed by atoms with van der Waals surface area (Å²) in [5.41, 5.74) is 0. The van der Waals surface area contributed by atoms with Gasteiger partial charge >= 0.3 is 5.97 Å². The molecule has 3 N–H and O–H groups in total.